The molecule has 1 aliphatic rings. The van der Waals surface area contributed by atoms with Crippen LogP contribution in [0.2, 0.25) is 0 Å². The van der Waals surface area contributed by atoms with Crippen molar-refractivity contribution >= 4 is 17.5 Å². The third-order valence-corrected chi connectivity index (χ3v) is 3.56. The number of carboxylic acid groups (broad SMARTS) is 1. The summed E-state index contributed by atoms with van der Waals surface area (Å²) < 4.78 is 0. The molecule has 2 aromatic rings. The Labute approximate surface area is 116 Å². The molecule has 1 heterocycles. The van der Waals surface area contributed by atoms with Gasteiger partial charge in [0, 0.05) is 18.7 Å². The van der Waals surface area contributed by atoms with Crippen LogP contribution in [-0.2, 0) is 13.0 Å². The van der Waals surface area contributed by atoms with E-state index in [0.717, 1.165) is 5.69 Å². The lowest BCUT2D eigenvalue weighted by Crippen LogP contribution is -2.35. The van der Waals surface area contributed by atoms with E-state index in [1.165, 1.54) is 11.1 Å². The molecule has 0 fully saturated rings. The molecule has 0 bridgehead atoms. The average Bonchev–Trinajstić information content (AvgIpc) is 2.46. The highest BCUT2D eigenvalue weighted by atomic mass is 16.4. The maximum absolute atomic E-state index is 10.9. The van der Waals surface area contributed by atoms with Crippen LogP contribution in [0.15, 0.2) is 48.5 Å². The highest BCUT2D eigenvalue weighted by molar-refractivity contribution is 5.99. The van der Waals surface area contributed by atoms with Gasteiger partial charge in [-0.05, 0) is 35.4 Å². The van der Waals surface area contributed by atoms with E-state index in [9.17, 15) is 4.79 Å². The lowest BCUT2D eigenvalue weighted by molar-refractivity contribution is 0.0697. The summed E-state index contributed by atoms with van der Waals surface area (Å²) >= 11 is 0. The summed E-state index contributed by atoms with van der Waals surface area (Å²) in [5, 5.41) is 17.1. The second-order valence-corrected chi connectivity index (χ2v) is 4.83. The van der Waals surface area contributed by atoms with Gasteiger partial charge in [-0.25, -0.2) is 4.79 Å². The first-order chi connectivity index (χ1) is 9.65. The van der Waals surface area contributed by atoms with Gasteiger partial charge in [-0.3, -0.25) is 5.41 Å². The summed E-state index contributed by atoms with van der Waals surface area (Å²) in [6.45, 7) is 0.654. The summed E-state index contributed by atoms with van der Waals surface area (Å²) in [6, 6.07) is 14.8. The van der Waals surface area contributed by atoms with Crippen LogP contribution >= 0.6 is 0 Å². The Morgan fingerprint density at radius 1 is 1.05 bits per heavy atom. The van der Waals surface area contributed by atoms with E-state index in [4.69, 9.17) is 10.5 Å². The SMILES string of the molecule is N=C1Cc2ccccc2CN1c1ccc(C(=O)O)cc1. The van der Waals surface area contributed by atoms with Crippen LogP contribution in [-0.4, -0.2) is 16.9 Å². The Morgan fingerprint density at radius 2 is 1.70 bits per heavy atom. The molecule has 0 aromatic heterocycles. The van der Waals surface area contributed by atoms with Crippen molar-refractivity contribution in [1.29, 1.82) is 5.41 Å². The monoisotopic (exact) mass is 266 g/mol. The normalized spacial score (nSPS) is 14.0. The molecular formula is C16H14N2O2. The largest absolute Gasteiger partial charge is 0.478 e. The number of rotatable bonds is 2. The first-order valence-corrected chi connectivity index (χ1v) is 6.40. The molecule has 0 amide bonds. The van der Waals surface area contributed by atoms with Crippen LogP contribution < -0.4 is 4.90 Å². The zero-order chi connectivity index (χ0) is 14.1. The number of fused-ring (bicyclic) bond motifs is 1. The van der Waals surface area contributed by atoms with Crippen molar-refractivity contribution in [3.8, 4) is 0 Å². The van der Waals surface area contributed by atoms with Crippen molar-refractivity contribution in [3.05, 3.63) is 65.2 Å². The molecule has 0 radical (unpaired) electrons. The van der Waals surface area contributed by atoms with Crippen LogP contribution in [0.4, 0.5) is 5.69 Å². The van der Waals surface area contributed by atoms with Crippen LogP contribution in [0.5, 0.6) is 0 Å². The van der Waals surface area contributed by atoms with Gasteiger partial charge in [0.25, 0.3) is 0 Å². The number of hydrogen-bond donors (Lipinski definition) is 2. The number of hydrogen-bond acceptors (Lipinski definition) is 2. The van der Waals surface area contributed by atoms with Crippen molar-refractivity contribution < 1.29 is 9.90 Å². The van der Waals surface area contributed by atoms with Crippen molar-refractivity contribution in [2.24, 2.45) is 0 Å². The predicted molar refractivity (Wildman–Crippen MR) is 77.5 cm³/mol. The lowest BCUT2D eigenvalue weighted by atomic mass is 9.98. The van der Waals surface area contributed by atoms with E-state index < -0.39 is 5.97 Å². The smallest absolute Gasteiger partial charge is 0.335 e. The van der Waals surface area contributed by atoms with Gasteiger partial charge in [0.2, 0.25) is 0 Å². The van der Waals surface area contributed by atoms with E-state index >= 15 is 0 Å². The molecule has 2 N–H and O–H groups in total. The first-order valence-electron chi connectivity index (χ1n) is 6.40. The van der Waals surface area contributed by atoms with Gasteiger partial charge in [0.15, 0.2) is 0 Å². The molecule has 2 aromatic carbocycles. The number of benzene rings is 2. The van der Waals surface area contributed by atoms with E-state index in [1.54, 1.807) is 24.3 Å². The average molecular weight is 266 g/mol. The topological polar surface area (TPSA) is 64.4 Å². The van der Waals surface area contributed by atoms with Gasteiger partial charge in [0.05, 0.1) is 5.56 Å². The quantitative estimate of drug-likeness (QED) is 0.878. The fourth-order valence-corrected chi connectivity index (χ4v) is 2.46. The maximum atomic E-state index is 10.9. The zero-order valence-electron chi connectivity index (χ0n) is 10.8. The Hall–Kier alpha value is -2.62. The Kier molecular flexibility index (Phi) is 2.99. The summed E-state index contributed by atoms with van der Waals surface area (Å²) in [5.41, 5.74) is 3.52. The number of nitrogens with one attached hydrogen (secondary N) is 1. The summed E-state index contributed by atoms with van der Waals surface area (Å²) in [7, 11) is 0. The standard InChI is InChI=1S/C16H14N2O2/c17-15-9-12-3-1-2-4-13(12)10-18(15)14-7-5-11(6-8-14)16(19)20/h1-8,17H,9-10H2,(H,19,20). The third-order valence-electron chi connectivity index (χ3n) is 3.56. The Balaban J connectivity index is 1.91. The molecule has 3 rings (SSSR count). The number of amidine groups is 1. The first kappa shape index (κ1) is 12.4. The highest BCUT2D eigenvalue weighted by Crippen LogP contribution is 2.25. The minimum atomic E-state index is -0.935. The number of carbonyl (C=O) groups is 1. The molecule has 4 nitrogen and oxygen atoms in total. The third kappa shape index (κ3) is 2.16. The molecule has 4 heteroatoms. The predicted octanol–water partition coefficient (Wildman–Crippen LogP) is 2.92. The Morgan fingerprint density at radius 3 is 2.35 bits per heavy atom. The molecule has 20 heavy (non-hydrogen) atoms. The molecular weight excluding hydrogens is 252 g/mol. The van der Waals surface area contributed by atoms with E-state index in [0.29, 0.717) is 18.8 Å². The number of anilines is 1. The number of carboxylic acids is 1. The van der Waals surface area contributed by atoms with E-state index in [-0.39, 0.29) is 5.56 Å². The van der Waals surface area contributed by atoms with Crippen molar-refractivity contribution in [2.45, 2.75) is 13.0 Å². The highest BCUT2D eigenvalue weighted by Gasteiger charge is 2.21. The van der Waals surface area contributed by atoms with Crippen LogP contribution in [0.25, 0.3) is 0 Å². The fourth-order valence-electron chi connectivity index (χ4n) is 2.46. The minimum absolute atomic E-state index is 0.262. The summed E-state index contributed by atoms with van der Waals surface area (Å²) in [6.07, 6.45) is 0.608. The molecule has 0 atom stereocenters. The van der Waals surface area contributed by atoms with E-state index in [2.05, 4.69) is 12.1 Å². The van der Waals surface area contributed by atoms with Gasteiger partial charge in [0.1, 0.15) is 5.84 Å². The van der Waals surface area contributed by atoms with Crippen molar-refractivity contribution in [1.82, 2.24) is 0 Å². The number of aromatic carboxylic acids is 1. The van der Waals surface area contributed by atoms with Gasteiger partial charge in [-0.15, -0.1) is 0 Å². The molecule has 0 saturated carbocycles. The van der Waals surface area contributed by atoms with E-state index in [1.807, 2.05) is 17.0 Å². The van der Waals surface area contributed by atoms with Gasteiger partial charge in [-0.1, -0.05) is 24.3 Å². The van der Waals surface area contributed by atoms with Crippen molar-refractivity contribution in [3.63, 3.8) is 0 Å². The van der Waals surface area contributed by atoms with Gasteiger partial charge in [-0.2, -0.15) is 0 Å². The van der Waals surface area contributed by atoms with Gasteiger partial charge >= 0.3 is 5.97 Å². The number of nitrogens with zero attached hydrogens (tertiary/aromatic N) is 1. The molecule has 0 saturated heterocycles. The van der Waals surface area contributed by atoms with Crippen LogP contribution in [0, 0.1) is 5.41 Å². The second-order valence-electron chi connectivity index (χ2n) is 4.83. The summed E-state index contributed by atoms with van der Waals surface area (Å²) in [5.74, 6) is -0.401. The van der Waals surface area contributed by atoms with Gasteiger partial charge < -0.3 is 10.0 Å². The van der Waals surface area contributed by atoms with Crippen LogP contribution in [0.1, 0.15) is 21.5 Å². The fraction of sp³-hybridized carbons (Fsp3) is 0.125. The van der Waals surface area contributed by atoms with Crippen molar-refractivity contribution in [2.75, 3.05) is 4.90 Å². The molecule has 0 spiro atoms. The summed E-state index contributed by atoms with van der Waals surface area (Å²) in [4.78, 5) is 12.8. The second kappa shape index (κ2) is 4.81. The molecule has 1 aliphatic heterocycles. The molecule has 0 aliphatic carbocycles. The Bertz CT molecular complexity index is 677. The minimum Gasteiger partial charge on any atom is -0.478 e. The maximum Gasteiger partial charge on any atom is 0.335 e. The molecule has 0 unspecified atom stereocenters. The zero-order valence-corrected chi connectivity index (χ0v) is 10.8. The lowest BCUT2D eigenvalue weighted by Gasteiger charge is -2.31. The van der Waals surface area contributed by atoms with Crippen LogP contribution in [0.3, 0.4) is 0 Å². The molecule has 100 valence electrons.